The van der Waals surface area contributed by atoms with Gasteiger partial charge in [0.25, 0.3) is 5.91 Å². The van der Waals surface area contributed by atoms with Crippen molar-refractivity contribution in [3.05, 3.63) is 36.2 Å². The molecule has 1 aromatic carbocycles. The molecule has 2 atom stereocenters. The molecule has 5 nitrogen and oxygen atoms in total. The Hall–Kier alpha value is -1.43. The highest BCUT2D eigenvalue weighted by Crippen LogP contribution is 2.13. The largest absolute Gasteiger partial charge is 0.332 e. The standard InChI is InChI=1S/C15H18N4O.2ClH/c1-10-9-19(11(2)7-16-10)15(20)14-8-17-12-5-3-4-6-13(12)18-14;;/h3-6,8,10-11,16H,7,9H2,1-2H3;2*1H. The zero-order chi connectivity index (χ0) is 14.1. The number of fused-ring (bicyclic) bond motifs is 1. The summed E-state index contributed by atoms with van der Waals surface area (Å²) < 4.78 is 0. The van der Waals surface area contributed by atoms with Gasteiger partial charge in [0.2, 0.25) is 0 Å². The molecule has 1 aliphatic rings. The number of carbonyl (C=O) groups is 1. The first-order chi connectivity index (χ1) is 9.65. The molecule has 3 rings (SSSR count). The Morgan fingerprint density at radius 3 is 2.64 bits per heavy atom. The topological polar surface area (TPSA) is 58.1 Å². The van der Waals surface area contributed by atoms with Gasteiger partial charge in [-0.3, -0.25) is 9.78 Å². The maximum Gasteiger partial charge on any atom is 0.274 e. The van der Waals surface area contributed by atoms with Crippen LogP contribution in [-0.2, 0) is 0 Å². The molecule has 0 aliphatic carbocycles. The van der Waals surface area contributed by atoms with Gasteiger partial charge in [0.05, 0.1) is 17.2 Å². The zero-order valence-corrected chi connectivity index (χ0v) is 14.2. The van der Waals surface area contributed by atoms with Gasteiger partial charge in [-0.15, -0.1) is 24.8 Å². The lowest BCUT2D eigenvalue weighted by Crippen LogP contribution is -2.56. The van der Waals surface area contributed by atoms with Crippen LogP contribution in [0.4, 0.5) is 0 Å². The summed E-state index contributed by atoms with van der Waals surface area (Å²) in [7, 11) is 0. The molecule has 0 radical (unpaired) electrons. The SMILES string of the molecule is CC1CN(C(=O)c2cnc3ccccc3n2)C(C)CN1.Cl.Cl. The first-order valence-electron chi connectivity index (χ1n) is 6.91. The minimum absolute atomic E-state index is 0. The Balaban J connectivity index is 0.00000121. The summed E-state index contributed by atoms with van der Waals surface area (Å²) >= 11 is 0. The van der Waals surface area contributed by atoms with E-state index in [0.29, 0.717) is 18.3 Å². The lowest BCUT2D eigenvalue weighted by molar-refractivity contribution is 0.0610. The summed E-state index contributed by atoms with van der Waals surface area (Å²) in [6.07, 6.45) is 1.57. The fraction of sp³-hybridized carbons (Fsp3) is 0.400. The van der Waals surface area contributed by atoms with Crippen molar-refractivity contribution in [1.82, 2.24) is 20.2 Å². The van der Waals surface area contributed by atoms with Crippen molar-refractivity contribution < 1.29 is 4.79 Å². The van der Waals surface area contributed by atoms with E-state index in [1.54, 1.807) is 6.20 Å². The highest BCUT2D eigenvalue weighted by Gasteiger charge is 2.28. The average molecular weight is 343 g/mol. The number of piperazine rings is 1. The van der Waals surface area contributed by atoms with Crippen LogP contribution < -0.4 is 5.32 Å². The molecule has 1 aromatic heterocycles. The van der Waals surface area contributed by atoms with Gasteiger partial charge < -0.3 is 10.2 Å². The molecular formula is C15H20Cl2N4O. The summed E-state index contributed by atoms with van der Waals surface area (Å²) in [5, 5.41) is 3.37. The second-order valence-corrected chi connectivity index (χ2v) is 5.36. The van der Waals surface area contributed by atoms with E-state index in [-0.39, 0.29) is 36.8 Å². The summed E-state index contributed by atoms with van der Waals surface area (Å²) in [6.45, 7) is 5.64. The number of carbonyl (C=O) groups excluding carboxylic acids is 1. The molecule has 0 saturated carbocycles. The van der Waals surface area contributed by atoms with E-state index in [0.717, 1.165) is 17.6 Å². The van der Waals surface area contributed by atoms with Gasteiger partial charge in [-0.1, -0.05) is 12.1 Å². The monoisotopic (exact) mass is 342 g/mol. The quantitative estimate of drug-likeness (QED) is 0.863. The van der Waals surface area contributed by atoms with Crippen LogP contribution in [0.3, 0.4) is 0 Å². The smallest absolute Gasteiger partial charge is 0.274 e. The summed E-state index contributed by atoms with van der Waals surface area (Å²) in [6, 6.07) is 8.07. The number of aromatic nitrogens is 2. The third-order valence-electron chi connectivity index (χ3n) is 3.69. The Labute approximate surface area is 142 Å². The zero-order valence-electron chi connectivity index (χ0n) is 12.5. The fourth-order valence-corrected chi connectivity index (χ4v) is 2.51. The molecule has 7 heteroatoms. The minimum Gasteiger partial charge on any atom is -0.332 e. The average Bonchev–Trinajstić information content (AvgIpc) is 2.48. The minimum atomic E-state index is -0.0379. The van der Waals surface area contributed by atoms with Gasteiger partial charge >= 0.3 is 0 Å². The Kier molecular flexibility index (Phi) is 6.53. The molecule has 2 heterocycles. The highest BCUT2D eigenvalue weighted by molar-refractivity contribution is 5.94. The van der Waals surface area contributed by atoms with Crippen molar-refractivity contribution in [3.8, 4) is 0 Å². The van der Waals surface area contributed by atoms with Crippen molar-refractivity contribution in [1.29, 1.82) is 0 Å². The van der Waals surface area contributed by atoms with Crippen molar-refractivity contribution in [2.75, 3.05) is 13.1 Å². The van der Waals surface area contributed by atoms with E-state index < -0.39 is 0 Å². The van der Waals surface area contributed by atoms with Gasteiger partial charge in [-0.25, -0.2) is 4.98 Å². The second kappa shape index (κ2) is 7.72. The van der Waals surface area contributed by atoms with Crippen LogP contribution in [0.5, 0.6) is 0 Å². The number of halogens is 2. The van der Waals surface area contributed by atoms with Gasteiger partial charge in [-0.2, -0.15) is 0 Å². The van der Waals surface area contributed by atoms with E-state index in [2.05, 4.69) is 22.2 Å². The van der Waals surface area contributed by atoms with Crippen LogP contribution in [0.25, 0.3) is 11.0 Å². The van der Waals surface area contributed by atoms with E-state index in [1.807, 2.05) is 36.1 Å². The maximum atomic E-state index is 12.6. The number of benzene rings is 1. The Bertz CT molecular complexity index is 652. The summed E-state index contributed by atoms with van der Waals surface area (Å²) in [5.74, 6) is -0.0379. The van der Waals surface area contributed by atoms with Crippen LogP contribution in [0.15, 0.2) is 30.5 Å². The molecule has 1 fully saturated rings. The van der Waals surface area contributed by atoms with Gasteiger partial charge in [-0.05, 0) is 26.0 Å². The predicted octanol–water partition coefficient (Wildman–Crippen LogP) is 2.30. The van der Waals surface area contributed by atoms with E-state index >= 15 is 0 Å². The Morgan fingerprint density at radius 1 is 1.23 bits per heavy atom. The van der Waals surface area contributed by atoms with Crippen LogP contribution >= 0.6 is 24.8 Å². The normalized spacial score (nSPS) is 20.9. The second-order valence-electron chi connectivity index (χ2n) is 5.36. The third-order valence-corrected chi connectivity index (χ3v) is 3.69. The molecule has 1 saturated heterocycles. The molecule has 2 aromatic rings. The molecule has 22 heavy (non-hydrogen) atoms. The summed E-state index contributed by atoms with van der Waals surface area (Å²) in [4.78, 5) is 23.2. The van der Waals surface area contributed by atoms with Crippen molar-refractivity contribution >= 4 is 41.8 Å². The number of para-hydroxylation sites is 2. The molecule has 0 spiro atoms. The molecule has 2 unspecified atom stereocenters. The predicted molar refractivity (Wildman–Crippen MR) is 92.0 cm³/mol. The molecule has 1 aliphatic heterocycles. The molecular weight excluding hydrogens is 323 g/mol. The number of hydrogen-bond donors (Lipinski definition) is 1. The lowest BCUT2D eigenvalue weighted by Gasteiger charge is -2.37. The lowest BCUT2D eigenvalue weighted by atomic mass is 10.1. The van der Waals surface area contributed by atoms with E-state index in [9.17, 15) is 4.79 Å². The van der Waals surface area contributed by atoms with Gasteiger partial charge in [0.1, 0.15) is 5.69 Å². The molecule has 0 bridgehead atoms. The highest BCUT2D eigenvalue weighted by atomic mass is 35.5. The van der Waals surface area contributed by atoms with E-state index in [4.69, 9.17) is 0 Å². The van der Waals surface area contributed by atoms with Gasteiger partial charge in [0, 0.05) is 25.2 Å². The fourth-order valence-electron chi connectivity index (χ4n) is 2.51. The van der Waals surface area contributed by atoms with Crippen LogP contribution in [0.2, 0.25) is 0 Å². The molecule has 120 valence electrons. The number of hydrogen-bond acceptors (Lipinski definition) is 4. The maximum absolute atomic E-state index is 12.6. The first-order valence-corrected chi connectivity index (χ1v) is 6.91. The number of rotatable bonds is 1. The number of nitrogens with one attached hydrogen (secondary N) is 1. The van der Waals surface area contributed by atoms with Crippen LogP contribution in [-0.4, -0.2) is 45.9 Å². The molecule has 1 N–H and O–H groups in total. The molecule has 1 amide bonds. The first kappa shape index (κ1) is 18.6. The van der Waals surface area contributed by atoms with E-state index in [1.165, 1.54) is 0 Å². The number of nitrogens with zero attached hydrogens (tertiary/aromatic N) is 3. The third kappa shape index (κ3) is 3.66. The summed E-state index contributed by atoms with van der Waals surface area (Å²) in [5.41, 5.74) is 1.99. The van der Waals surface area contributed by atoms with Crippen molar-refractivity contribution in [3.63, 3.8) is 0 Å². The van der Waals surface area contributed by atoms with Crippen molar-refractivity contribution in [2.24, 2.45) is 0 Å². The van der Waals surface area contributed by atoms with Crippen LogP contribution in [0.1, 0.15) is 24.3 Å². The van der Waals surface area contributed by atoms with Crippen LogP contribution in [0, 0.1) is 0 Å². The van der Waals surface area contributed by atoms with Crippen molar-refractivity contribution in [2.45, 2.75) is 25.9 Å². The Morgan fingerprint density at radius 2 is 1.91 bits per heavy atom. The van der Waals surface area contributed by atoms with Gasteiger partial charge in [0.15, 0.2) is 0 Å². The number of amides is 1.